The predicted octanol–water partition coefficient (Wildman–Crippen LogP) is 1.65. The molecule has 1 aromatic carbocycles. The lowest BCUT2D eigenvalue weighted by Crippen LogP contribution is -2.11. The van der Waals surface area contributed by atoms with Crippen LogP contribution >= 0.6 is 0 Å². The fourth-order valence-corrected chi connectivity index (χ4v) is 1.44. The van der Waals surface area contributed by atoms with Gasteiger partial charge < -0.3 is 14.9 Å². The van der Waals surface area contributed by atoms with Crippen LogP contribution in [0.25, 0.3) is 0 Å². The molecule has 5 nitrogen and oxygen atoms in total. The minimum atomic E-state index is -0.636. The van der Waals surface area contributed by atoms with Crippen molar-refractivity contribution in [3.8, 4) is 11.5 Å². The van der Waals surface area contributed by atoms with Gasteiger partial charge in [0.15, 0.2) is 11.5 Å². The third kappa shape index (κ3) is 3.00. The van der Waals surface area contributed by atoms with Gasteiger partial charge in [-0.25, -0.2) is 4.79 Å². The number of phenols is 2. The molecule has 0 aromatic heterocycles. The molecule has 5 heteroatoms. The molecule has 0 fully saturated rings. The molecular weight excluding hydrogens is 236 g/mol. The highest BCUT2D eigenvalue weighted by molar-refractivity contribution is 5.91. The fraction of sp³-hybridized carbons (Fsp3) is 0.385. The van der Waals surface area contributed by atoms with E-state index in [-0.39, 0.29) is 35.0 Å². The quantitative estimate of drug-likeness (QED) is 0.628. The molecular formula is C13H16O5. The monoisotopic (exact) mass is 252 g/mol. The molecule has 0 aliphatic rings. The Morgan fingerprint density at radius 1 is 1.28 bits per heavy atom. The van der Waals surface area contributed by atoms with Crippen molar-refractivity contribution in [1.82, 2.24) is 0 Å². The molecule has 0 saturated heterocycles. The van der Waals surface area contributed by atoms with Crippen molar-refractivity contribution in [2.24, 2.45) is 5.92 Å². The second-order valence-corrected chi connectivity index (χ2v) is 4.29. The van der Waals surface area contributed by atoms with Crippen LogP contribution < -0.4 is 0 Å². The Kier molecular flexibility index (Phi) is 4.31. The maximum atomic E-state index is 11.6. The van der Waals surface area contributed by atoms with Crippen molar-refractivity contribution in [1.29, 1.82) is 0 Å². The van der Waals surface area contributed by atoms with E-state index in [9.17, 15) is 19.8 Å². The number of carbonyl (C=O) groups excluding carboxylic acids is 2. The summed E-state index contributed by atoms with van der Waals surface area (Å²) in [5.74, 6) is -1.73. The minimum Gasteiger partial charge on any atom is -0.504 e. The van der Waals surface area contributed by atoms with Gasteiger partial charge in [-0.15, -0.1) is 0 Å². The highest BCUT2D eigenvalue weighted by atomic mass is 16.5. The number of ketones is 1. The van der Waals surface area contributed by atoms with E-state index in [4.69, 9.17) is 0 Å². The average molecular weight is 252 g/mol. The predicted molar refractivity (Wildman–Crippen MR) is 64.7 cm³/mol. The number of hydrogen-bond acceptors (Lipinski definition) is 5. The van der Waals surface area contributed by atoms with Gasteiger partial charge in [0, 0.05) is 17.9 Å². The molecule has 0 amide bonds. The summed E-state index contributed by atoms with van der Waals surface area (Å²) in [6.45, 7) is 3.48. The molecule has 0 atom stereocenters. The van der Waals surface area contributed by atoms with Crippen molar-refractivity contribution in [2.45, 2.75) is 20.3 Å². The van der Waals surface area contributed by atoms with Crippen molar-refractivity contribution < 1.29 is 24.5 Å². The molecule has 2 N–H and O–H groups in total. The molecule has 0 aliphatic carbocycles. The van der Waals surface area contributed by atoms with Crippen LogP contribution in [0.2, 0.25) is 0 Å². The van der Waals surface area contributed by atoms with Gasteiger partial charge in [0.1, 0.15) is 5.78 Å². The second kappa shape index (κ2) is 5.53. The summed E-state index contributed by atoms with van der Waals surface area (Å²) in [6.07, 6.45) is -0.0398. The van der Waals surface area contributed by atoms with E-state index in [1.807, 2.05) is 0 Å². The highest BCUT2D eigenvalue weighted by Crippen LogP contribution is 2.31. The van der Waals surface area contributed by atoms with Crippen molar-refractivity contribution in [2.75, 3.05) is 7.11 Å². The first-order valence-electron chi connectivity index (χ1n) is 5.52. The summed E-state index contributed by atoms with van der Waals surface area (Å²) in [5, 5.41) is 19.2. The summed E-state index contributed by atoms with van der Waals surface area (Å²) >= 11 is 0. The molecule has 98 valence electrons. The van der Waals surface area contributed by atoms with Crippen LogP contribution in [0.1, 0.15) is 29.8 Å². The van der Waals surface area contributed by atoms with E-state index in [0.717, 1.165) is 6.07 Å². The lowest BCUT2D eigenvalue weighted by Gasteiger charge is -2.09. The van der Waals surface area contributed by atoms with Gasteiger partial charge in [0.25, 0.3) is 0 Å². The Bertz CT molecular complexity index is 477. The van der Waals surface area contributed by atoms with Crippen molar-refractivity contribution in [3.05, 3.63) is 23.3 Å². The summed E-state index contributed by atoms with van der Waals surface area (Å²) in [4.78, 5) is 23.0. The van der Waals surface area contributed by atoms with Crippen LogP contribution in [0, 0.1) is 5.92 Å². The Hall–Kier alpha value is -2.04. The van der Waals surface area contributed by atoms with Gasteiger partial charge >= 0.3 is 5.97 Å². The number of hydrogen-bond donors (Lipinski definition) is 2. The zero-order chi connectivity index (χ0) is 13.9. The van der Waals surface area contributed by atoms with E-state index in [1.54, 1.807) is 13.8 Å². The number of methoxy groups -OCH3 is 1. The first-order chi connectivity index (χ1) is 8.36. The Morgan fingerprint density at radius 2 is 1.89 bits per heavy atom. The van der Waals surface area contributed by atoms with Crippen LogP contribution in [0.3, 0.4) is 0 Å². The van der Waals surface area contributed by atoms with Gasteiger partial charge in [0.05, 0.1) is 12.7 Å². The number of Topliss-reactive ketones (excluding diaryl/α,β-unsaturated/α-hetero) is 1. The minimum absolute atomic E-state index is 0.0398. The fourth-order valence-electron chi connectivity index (χ4n) is 1.44. The van der Waals surface area contributed by atoms with Crippen LogP contribution in [0.15, 0.2) is 12.1 Å². The molecule has 0 unspecified atom stereocenters. The molecule has 0 bridgehead atoms. The number of rotatable bonds is 4. The van der Waals surface area contributed by atoms with E-state index >= 15 is 0 Å². The maximum Gasteiger partial charge on any atom is 0.337 e. The van der Waals surface area contributed by atoms with Crippen LogP contribution in [0.5, 0.6) is 11.5 Å². The Balaban J connectivity index is 3.14. The molecule has 0 saturated carbocycles. The number of ether oxygens (including phenoxy) is 1. The number of aromatic hydroxyl groups is 2. The third-order valence-corrected chi connectivity index (χ3v) is 2.60. The lowest BCUT2D eigenvalue weighted by atomic mass is 9.98. The topological polar surface area (TPSA) is 83.8 Å². The molecule has 1 aromatic rings. The van der Waals surface area contributed by atoms with Crippen LogP contribution in [-0.4, -0.2) is 29.1 Å². The van der Waals surface area contributed by atoms with E-state index in [0.29, 0.717) is 0 Å². The summed E-state index contributed by atoms with van der Waals surface area (Å²) < 4.78 is 4.52. The maximum absolute atomic E-state index is 11.6. The number of carbonyl (C=O) groups is 2. The van der Waals surface area contributed by atoms with Gasteiger partial charge in [-0.3, -0.25) is 4.79 Å². The molecule has 1 rings (SSSR count). The largest absolute Gasteiger partial charge is 0.504 e. The summed E-state index contributed by atoms with van der Waals surface area (Å²) in [5.41, 5.74) is 0.313. The molecule has 0 heterocycles. The van der Waals surface area contributed by atoms with Gasteiger partial charge in [-0.1, -0.05) is 13.8 Å². The first kappa shape index (κ1) is 14.0. The smallest absolute Gasteiger partial charge is 0.337 e. The standard InChI is InChI=1S/C13H16O5/c1-7(2)10(14)5-8-4-9(13(17)18-3)6-11(15)12(8)16/h4,6-7,15-16H,5H2,1-3H3. The number of phenolic OH excluding ortho intramolecular Hbond substituents is 2. The molecule has 0 radical (unpaired) electrons. The van der Waals surface area contributed by atoms with Crippen molar-refractivity contribution in [3.63, 3.8) is 0 Å². The Labute approximate surface area is 105 Å². The molecule has 0 spiro atoms. The zero-order valence-electron chi connectivity index (χ0n) is 10.6. The number of esters is 1. The third-order valence-electron chi connectivity index (χ3n) is 2.60. The number of benzene rings is 1. The average Bonchev–Trinajstić information content (AvgIpc) is 2.33. The van der Waals surface area contributed by atoms with Crippen LogP contribution in [-0.2, 0) is 16.0 Å². The van der Waals surface area contributed by atoms with E-state index in [2.05, 4.69) is 4.74 Å². The SMILES string of the molecule is COC(=O)c1cc(O)c(O)c(CC(=O)C(C)C)c1. The van der Waals surface area contributed by atoms with Crippen LogP contribution in [0.4, 0.5) is 0 Å². The molecule has 0 aliphatic heterocycles. The lowest BCUT2D eigenvalue weighted by molar-refractivity contribution is -0.121. The summed E-state index contributed by atoms with van der Waals surface area (Å²) in [7, 11) is 1.21. The van der Waals surface area contributed by atoms with E-state index < -0.39 is 11.7 Å². The van der Waals surface area contributed by atoms with Gasteiger partial charge in [0.2, 0.25) is 0 Å². The van der Waals surface area contributed by atoms with Gasteiger partial charge in [-0.05, 0) is 12.1 Å². The van der Waals surface area contributed by atoms with E-state index in [1.165, 1.54) is 13.2 Å². The summed E-state index contributed by atoms with van der Waals surface area (Å²) in [6, 6.07) is 2.45. The second-order valence-electron chi connectivity index (χ2n) is 4.29. The highest BCUT2D eigenvalue weighted by Gasteiger charge is 2.17. The molecule has 18 heavy (non-hydrogen) atoms. The Morgan fingerprint density at radius 3 is 2.39 bits per heavy atom. The van der Waals surface area contributed by atoms with Crippen molar-refractivity contribution >= 4 is 11.8 Å². The zero-order valence-corrected chi connectivity index (χ0v) is 10.6. The first-order valence-corrected chi connectivity index (χ1v) is 5.52. The van der Waals surface area contributed by atoms with Gasteiger partial charge in [-0.2, -0.15) is 0 Å². The normalized spacial score (nSPS) is 10.4.